The number of benzene rings is 1. The third kappa shape index (κ3) is 3.70. The van der Waals surface area contributed by atoms with Gasteiger partial charge < -0.3 is 5.73 Å². The van der Waals surface area contributed by atoms with Gasteiger partial charge in [0.2, 0.25) is 10.0 Å². The Balaban J connectivity index is 0.00000220. The summed E-state index contributed by atoms with van der Waals surface area (Å²) in [7, 11) is -3.98. The van der Waals surface area contributed by atoms with Crippen molar-refractivity contribution in [2.24, 2.45) is 11.7 Å². The van der Waals surface area contributed by atoms with Crippen molar-refractivity contribution in [3.63, 3.8) is 0 Å². The normalized spacial score (nSPS) is 17.6. The number of nitro benzene ring substituents is 1. The minimum Gasteiger partial charge on any atom is -0.329 e. The van der Waals surface area contributed by atoms with E-state index in [1.54, 1.807) is 6.92 Å². The number of nitrogens with two attached hydrogens (primary N) is 1. The highest BCUT2D eigenvalue weighted by Gasteiger charge is 2.44. The van der Waals surface area contributed by atoms with E-state index >= 15 is 0 Å². The predicted octanol–water partition coefficient (Wildman–Crippen LogP) is 1.42. The molecular weight excluding hydrogens is 318 g/mol. The van der Waals surface area contributed by atoms with Crippen LogP contribution in [0.4, 0.5) is 5.69 Å². The van der Waals surface area contributed by atoms with Gasteiger partial charge in [0, 0.05) is 18.2 Å². The standard InChI is InChI=1S/C12H17N3O4S.ClH/c1-12(8-13,9-6-7-9)14-20(18,19)11-5-3-2-4-10(11)15(16)17;/h2-5,9,14H,6-8,13H2,1H3;1H. The van der Waals surface area contributed by atoms with Crippen LogP contribution in [0.3, 0.4) is 0 Å². The number of hydrogen-bond acceptors (Lipinski definition) is 5. The number of para-hydroxylation sites is 1. The van der Waals surface area contributed by atoms with Crippen molar-refractivity contribution in [2.75, 3.05) is 6.54 Å². The summed E-state index contributed by atoms with van der Waals surface area (Å²) >= 11 is 0. The van der Waals surface area contributed by atoms with E-state index in [0.29, 0.717) is 0 Å². The molecule has 0 amide bonds. The van der Waals surface area contributed by atoms with E-state index in [-0.39, 0.29) is 29.8 Å². The molecule has 1 unspecified atom stereocenters. The fourth-order valence-corrected chi connectivity index (χ4v) is 3.86. The van der Waals surface area contributed by atoms with E-state index < -0.39 is 26.2 Å². The first-order valence-electron chi connectivity index (χ1n) is 6.27. The summed E-state index contributed by atoms with van der Waals surface area (Å²) in [6, 6.07) is 5.29. The molecular formula is C12H18ClN3O4S. The summed E-state index contributed by atoms with van der Waals surface area (Å²) < 4.78 is 27.3. The number of hydrogen-bond donors (Lipinski definition) is 2. The summed E-state index contributed by atoms with van der Waals surface area (Å²) in [5.41, 5.74) is 4.47. The van der Waals surface area contributed by atoms with Crippen LogP contribution in [-0.4, -0.2) is 25.4 Å². The molecule has 1 aromatic carbocycles. The molecule has 118 valence electrons. The number of rotatable bonds is 6. The van der Waals surface area contributed by atoms with E-state index in [9.17, 15) is 18.5 Å². The van der Waals surface area contributed by atoms with Crippen LogP contribution in [0.1, 0.15) is 19.8 Å². The Morgan fingerprint density at radius 3 is 2.48 bits per heavy atom. The molecule has 0 bridgehead atoms. The first kappa shape index (κ1) is 17.8. The van der Waals surface area contributed by atoms with Crippen LogP contribution in [0.5, 0.6) is 0 Å². The summed E-state index contributed by atoms with van der Waals surface area (Å²) in [4.78, 5) is 9.91. The van der Waals surface area contributed by atoms with Gasteiger partial charge in [0.05, 0.1) is 4.92 Å². The van der Waals surface area contributed by atoms with Crippen LogP contribution in [0.25, 0.3) is 0 Å². The molecule has 0 spiro atoms. The van der Waals surface area contributed by atoms with Gasteiger partial charge in [-0.2, -0.15) is 0 Å². The van der Waals surface area contributed by atoms with Gasteiger partial charge in [-0.15, -0.1) is 12.4 Å². The first-order valence-corrected chi connectivity index (χ1v) is 7.76. The van der Waals surface area contributed by atoms with Crippen molar-refractivity contribution >= 4 is 28.1 Å². The number of nitrogens with one attached hydrogen (secondary N) is 1. The van der Waals surface area contributed by atoms with Gasteiger partial charge in [-0.05, 0) is 31.7 Å². The Kier molecular flexibility index (Phi) is 5.32. The van der Waals surface area contributed by atoms with E-state index in [2.05, 4.69) is 4.72 Å². The second-order valence-electron chi connectivity index (χ2n) is 5.23. The highest BCUT2D eigenvalue weighted by molar-refractivity contribution is 7.89. The quantitative estimate of drug-likeness (QED) is 0.602. The number of sulfonamides is 1. The van der Waals surface area contributed by atoms with Crippen molar-refractivity contribution in [1.82, 2.24) is 4.72 Å². The fourth-order valence-electron chi connectivity index (χ4n) is 2.21. The van der Waals surface area contributed by atoms with Crippen molar-refractivity contribution in [3.8, 4) is 0 Å². The molecule has 1 fully saturated rings. The van der Waals surface area contributed by atoms with Gasteiger partial charge in [0.15, 0.2) is 4.90 Å². The highest BCUT2D eigenvalue weighted by Crippen LogP contribution is 2.40. The lowest BCUT2D eigenvalue weighted by Gasteiger charge is -2.28. The lowest BCUT2D eigenvalue weighted by Crippen LogP contribution is -2.53. The lowest BCUT2D eigenvalue weighted by molar-refractivity contribution is -0.387. The lowest BCUT2D eigenvalue weighted by atomic mass is 9.98. The van der Waals surface area contributed by atoms with E-state index in [4.69, 9.17) is 5.73 Å². The molecule has 0 aliphatic heterocycles. The minimum absolute atomic E-state index is 0. The van der Waals surface area contributed by atoms with Crippen LogP contribution in [0.15, 0.2) is 29.2 Å². The fraction of sp³-hybridized carbons (Fsp3) is 0.500. The van der Waals surface area contributed by atoms with Gasteiger partial charge in [0.1, 0.15) is 0 Å². The molecule has 1 aliphatic carbocycles. The molecule has 1 saturated carbocycles. The molecule has 0 heterocycles. The summed E-state index contributed by atoms with van der Waals surface area (Å²) in [6.07, 6.45) is 1.82. The molecule has 0 saturated heterocycles. The van der Waals surface area contributed by atoms with E-state index in [1.165, 1.54) is 24.3 Å². The summed E-state index contributed by atoms with van der Waals surface area (Å²) in [6.45, 7) is 1.88. The van der Waals surface area contributed by atoms with Crippen molar-refractivity contribution < 1.29 is 13.3 Å². The van der Waals surface area contributed by atoms with Crippen LogP contribution >= 0.6 is 12.4 Å². The molecule has 1 atom stereocenters. The monoisotopic (exact) mass is 335 g/mol. The highest BCUT2D eigenvalue weighted by atomic mass is 35.5. The van der Waals surface area contributed by atoms with Gasteiger partial charge in [-0.25, -0.2) is 13.1 Å². The predicted molar refractivity (Wildman–Crippen MR) is 80.8 cm³/mol. The third-order valence-corrected chi connectivity index (χ3v) is 5.28. The number of nitro groups is 1. The van der Waals surface area contributed by atoms with Gasteiger partial charge in [-0.1, -0.05) is 12.1 Å². The Morgan fingerprint density at radius 1 is 1.43 bits per heavy atom. The molecule has 1 aromatic rings. The molecule has 21 heavy (non-hydrogen) atoms. The molecule has 2 rings (SSSR count). The third-order valence-electron chi connectivity index (χ3n) is 3.62. The van der Waals surface area contributed by atoms with Crippen molar-refractivity contribution in [3.05, 3.63) is 34.4 Å². The molecule has 1 aliphatic rings. The topological polar surface area (TPSA) is 115 Å². The SMILES string of the molecule is CC(CN)(NS(=O)(=O)c1ccccc1[N+](=O)[O-])C1CC1.Cl. The largest absolute Gasteiger partial charge is 0.329 e. The zero-order valence-corrected chi connectivity index (χ0v) is 13.1. The smallest absolute Gasteiger partial charge is 0.289 e. The molecule has 3 N–H and O–H groups in total. The van der Waals surface area contributed by atoms with E-state index in [0.717, 1.165) is 12.8 Å². The first-order chi connectivity index (χ1) is 9.30. The maximum absolute atomic E-state index is 12.4. The Bertz CT molecular complexity index is 633. The van der Waals surface area contributed by atoms with E-state index in [1.807, 2.05) is 0 Å². The van der Waals surface area contributed by atoms with Crippen LogP contribution < -0.4 is 10.5 Å². The second kappa shape index (κ2) is 6.27. The van der Waals surface area contributed by atoms with Gasteiger partial charge >= 0.3 is 0 Å². The van der Waals surface area contributed by atoms with Crippen molar-refractivity contribution in [1.29, 1.82) is 0 Å². The Hall–Kier alpha value is -1.22. The molecule has 0 aromatic heterocycles. The average Bonchev–Trinajstić information content (AvgIpc) is 3.22. The molecule has 0 radical (unpaired) electrons. The van der Waals surface area contributed by atoms with Gasteiger partial charge in [0.25, 0.3) is 5.69 Å². The Labute approximate surface area is 129 Å². The Morgan fingerprint density at radius 2 is 2.00 bits per heavy atom. The van der Waals surface area contributed by atoms with Gasteiger partial charge in [-0.3, -0.25) is 10.1 Å². The maximum atomic E-state index is 12.4. The number of halogens is 1. The maximum Gasteiger partial charge on any atom is 0.289 e. The van der Waals surface area contributed by atoms with Crippen LogP contribution in [0.2, 0.25) is 0 Å². The number of nitrogens with zero attached hydrogens (tertiary/aromatic N) is 1. The van der Waals surface area contributed by atoms with Crippen LogP contribution in [-0.2, 0) is 10.0 Å². The summed E-state index contributed by atoms with van der Waals surface area (Å²) in [5.74, 6) is 0.185. The molecule has 7 nitrogen and oxygen atoms in total. The minimum atomic E-state index is -3.98. The van der Waals surface area contributed by atoms with Crippen molar-refractivity contribution in [2.45, 2.75) is 30.2 Å². The zero-order chi connectivity index (χ0) is 15.0. The second-order valence-corrected chi connectivity index (χ2v) is 6.88. The zero-order valence-electron chi connectivity index (χ0n) is 11.5. The molecule has 9 heteroatoms. The summed E-state index contributed by atoms with van der Waals surface area (Å²) in [5, 5.41) is 10.9. The average molecular weight is 336 g/mol. The van der Waals surface area contributed by atoms with Crippen LogP contribution in [0, 0.1) is 16.0 Å².